The summed E-state index contributed by atoms with van der Waals surface area (Å²) < 4.78 is 9.00. The number of benzene rings is 2. The molecule has 2 aromatic heterocycles. The van der Waals surface area contributed by atoms with Crippen LogP contribution in [0.2, 0.25) is 0 Å². The fourth-order valence-corrected chi connectivity index (χ4v) is 3.50. The zero-order valence-electron chi connectivity index (χ0n) is 17.8. The number of hydrogen-bond donors (Lipinski definition) is 2. The molecule has 7 heteroatoms. The van der Waals surface area contributed by atoms with Crippen molar-refractivity contribution in [1.82, 2.24) is 14.1 Å². The van der Waals surface area contributed by atoms with Gasteiger partial charge in [-0.05, 0) is 31.5 Å². The molecule has 0 aliphatic rings. The van der Waals surface area contributed by atoms with Gasteiger partial charge in [0, 0.05) is 30.5 Å². The van der Waals surface area contributed by atoms with Crippen molar-refractivity contribution in [3.8, 4) is 0 Å². The van der Waals surface area contributed by atoms with E-state index in [1.165, 1.54) is 4.57 Å². The smallest absolute Gasteiger partial charge is 0.266 e. The number of nitrogens with one attached hydrogen (secondary N) is 1. The molecular weight excluding hydrogens is 390 g/mol. The number of anilines is 2. The lowest BCUT2D eigenvalue weighted by atomic mass is 10.2. The lowest BCUT2D eigenvalue weighted by Gasteiger charge is -2.13. The molecule has 31 heavy (non-hydrogen) atoms. The molecule has 0 radical (unpaired) electrons. The molecule has 0 unspecified atom stereocenters. The molecule has 0 bridgehead atoms. The molecule has 4 rings (SSSR count). The number of nitrogens with zero attached hydrogens (tertiary/aromatic N) is 3. The predicted octanol–water partition coefficient (Wildman–Crippen LogP) is 3.82. The summed E-state index contributed by atoms with van der Waals surface area (Å²) in [5.74, 6) is 0.146. The molecule has 7 nitrogen and oxygen atoms in total. The van der Waals surface area contributed by atoms with Crippen molar-refractivity contribution in [3.05, 3.63) is 88.3 Å². The Hall–Kier alpha value is -3.58. The van der Waals surface area contributed by atoms with Crippen LogP contribution in [0.15, 0.2) is 71.7 Å². The third-order valence-corrected chi connectivity index (χ3v) is 5.07. The zero-order valence-corrected chi connectivity index (χ0v) is 17.8. The first kappa shape index (κ1) is 20.7. The van der Waals surface area contributed by atoms with Gasteiger partial charge in [-0.3, -0.25) is 9.36 Å². The molecule has 160 valence electrons. The summed E-state index contributed by atoms with van der Waals surface area (Å²) in [5, 5.41) is 3.95. The van der Waals surface area contributed by atoms with E-state index in [9.17, 15) is 4.79 Å². The second-order valence-electron chi connectivity index (χ2n) is 7.73. The minimum atomic E-state index is -0.195. The van der Waals surface area contributed by atoms with Gasteiger partial charge in [-0.2, -0.15) is 4.98 Å². The van der Waals surface area contributed by atoms with Gasteiger partial charge in [0.15, 0.2) is 0 Å². The summed E-state index contributed by atoms with van der Waals surface area (Å²) in [4.78, 5) is 18.0. The molecule has 0 amide bonds. The fourth-order valence-electron chi connectivity index (χ4n) is 3.50. The molecule has 3 N–H and O–H groups in total. The number of nitrogens with two attached hydrogens (primary N) is 1. The number of hydrogen-bond acceptors (Lipinski definition) is 5. The van der Waals surface area contributed by atoms with Crippen LogP contribution in [-0.2, 0) is 24.6 Å². The Morgan fingerprint density at radius 2 is 1.74 bits per heavy atom. The van der Waals surface area contributed by atoms with Crippen LogP contribution in [0, 0.1) is 0 Å². The molecule has 0 saturated heterocycles. The molecule has 0 aliphatic carbocycles. The van der Waals surface area contributed by atoms with Crippen LogP contribution in [0.4, 0.5) is 11.6 Å². The van der Waals surface area contributed by atoms with Gasteiger partial charge in [0.2, 0.25) is 5.95 Å². The quantitative estimate of drug-likeness (QED) is 0.455. The highest BCUT2D eigenvalue weighted by atomic mass is 16.5. The Balaban J connectivity index is 1.77. The third-order valence-electron chi connectivity index (χ3n) is 5.07. The fraction of sp³-hybridized carbons (Fsp3) is 0.250. The average Bonchev–Trinajstić information content (AvgIpc) is 3.10. The van der Waals surface area contributed by atoms with Crippen molar-refractivity contribution in [1.29, 1.82) is 0 Å². The third kappa shape index (κ3) is 4.62. The second-order valence-corrected chi connectivity index (χ2v) is 7.73. The molecule has 0 aliphatic heterocycles. The van der Waals surface area contributed by atoms with Crippen LogP contribution < -0.4 is 16.6 Å². The molecular formula is C24H27N5O2. The Morgan fingerprint density at radius 1 is 1.06 bits per heavy atom. The highest BCUT2D eigenvalue weighted by Gasteiger charge is 2.18. The zero-order chi connectivity index (χ0) is 21.8. The summed E-state index contributed by atoms with van der Waals surface area (Å²) in [6.07, 6.45) is 1.96. The number of rotatable bonds is 8. The van der Waals surface area contributed by atoms with E-state index in [0.29, 0.717) is 24.1 Å². The lowest BCUT2D eigenvalue weighted by Crippen LogP contribution is -2.27. The van der Waals surface area contributed by atoms with Crippen LogP contribution in [-0.4, -0.2) is 20.2 Å². The van der Waals surface area contributed by atoms with Gasteiger partial charge in [0.25, 0.3) is 5.56 Å². The first-order valence-corrected chi connectivity index (χ1v) is 10.4. The van der Waals surface area contributed by atoms with E-state index in [2.05, 4.69) is 22.4 Å². The summed E-state index contributed by atoms with van der Waals surface area (Å²) >= 11 is 0. The van der Waals surface area contributed by atoms with Gasteiger partial charge in [-0.15, -0.1) is 0 Å². The van der Waals surface area contributed by atoms with E-state index in [-0.39, 0.29) is 24.3 Å². The number of nitrogen functional groups attached to an aromatic ring is 1. The minimum Gasteiger partial charge on any atom is -0.381 e. The normalized spacial score (nSPS) is 11.3. The van der Waals surface area contributed by atoms with Crippen molar-refractivity contribution >= 4 is 22.7 Å². The molecule has 4 aromatic rings. The van der Waals surface area contributed by atoms with Crippen LogP contribution in [0.5, 0.6) is 0 Å². The summed E-state index contributed by atoms with van der Waals surface area (Å²) in [5.41, 5.74) is 9.51. The average molecular weight is 418 g/mol. The predicted molar refractivity (Wildman–Crippen MR) is 124 cm³/mol. The summed E-state index contributed by atoms with van der Waals surface area (Å²) in [6.45, 7) is 4.99. The molecule has 0 fully saturated rings. The van der Waals surface area contributed by atoms with E-state index in [4.69, 9.17) is 10.5 Å². The van der Waals surface area contributed by atoms with E-state index in [0.717, 1.165) is 16.8 Å². The van der Waals surface area contributed by atoms with Crippen molar-refractivity contribution in [2.45, 2.75) is 39.8 Å². The Kier molecular flexibility index (Phi) is 6.04. The van der Waals surface area contributed by atoms with Crippen LogP contribution in [0.25, 0.3) is 11.0 Å². The van der Waals surface area contributed by atoms with Crippen molar-refractivity contribution < 1.29 is 4.74 Å². The van der Waals surface area contributed by atoms with Crippen LogP contribution in [0.1, 0.15) is 25.0 Å². The molecule has 0 saturated carbocycles. The van der Waals surface area contributed by atoms with Crippen molar-refractivity contribution in [2.24, 2.45) is 0 Å². The Labute approximate surface area is 181 Å². The summed E-state index contributed by atoms with van der Waals surface area (Å²) in [7, 11) is 0. The van der Waals surface area contributed by atoms with E-state index in [1.54, 1.807) is 0 Å². The SMILES string of the molecule is CC(C)OCn1c(N)nc2c(c(CNc3ccccc3)cn2Cc2ccccc2)c1=O. The topological polar surface area (TPSA) is 87.1 Å². The Bertz CT molecular complexity index is 1210. The maximum Gasteiger partial charge on any atom is 0.266 e. The highest BCUT2D eigenvalue weighted by molar-refractivity contribution is 5.81. The van der Waals surface area contributed by atoms with E-state index in [1.807, 2.05) is 73.1 Å². The largest absolute Gasteiger partial charge is 0.381 e. The van der Waals surface area contributed by atoms with Gasteiger partial charge in [0.05, 0.1) is 11.5 Å². The standard InChI is InChI=1S/C24H27N5O2/c1-17(2)31-16-29-23(30)21-19(13-26-20-11-7-4-8-12-20)15-28(22(21)27-24(29)25)14-18-9-5-3-6-10-18/h3-12,15,17,26H,13-14,16H2,1-2H3,(H2,25,27). The van der Waals surface area contributed by atoms with Gasteiger partial charge in [-0.25, -0.2) is 0 Å². The molecule has 0 atom stereocenters. The molecule has 2 aromatic carbocycles. The molecule has 0 spiro atoms. The number of ether oxygens (including phenoxy) is 1. The number of para-hydroxylation sites is 1. The van der Waals surface area contributed by atoms with Crippen molar-refractivity contribution in [3.63, 3.8) is 0 Å². The lowest BCUT2D eigenvalue weighted by molar-refractivity contribution is 0.0279. The van der Waals surface area contributed by atoms with E-state index < -0.39 is 0 Å². The Morgan fingerprint density at radius 3 is 2.42 bits per heavy atom. The molecule has 2 heterocycles. The maximum absolute atomic E-state index is 13.4. The number of aromatic nitrogens is 3. The van der Waals surface area contributed by atoms with Gasteiger partial charge >= 0.3 is 0 Å². The van der Waals surface area contributed by atoms with Gasteiger partial charge < -0.3 is 20.4 Å². The first-order chi connectivity index (χ1) is 15.0. The minimum absolute atomic E-state index is 0.0242. The maximum atomic E-state index is 13.4. The monoisotopic (exact) mass is 417 g/mol. The van der Waals surface area contributed by atoms with Crippen molar-refractivity contribution in [2.75, 3.05) is 11.1 Å². The first-order valence-electron chi connectivity index (χ1n) is 10.4. The number of fused-ring (bicyclic) bond motifs is 1. The van der Waals surface area contributed by atoms with Crippen LogP contribution in [0.3, 0.4) is 0 Å². The summed E-state index contributed by atoms with van der Waals surface area (Å²) in [6, 6.07) is 20.0. The van der Waals surface area contributed by atoms with E-state index >= 15 is 0 Å². The van der Waals surface area contributed by atoms with Gasteiger partial charge in [0.1, 0.15) is 12.4 Å². The highest BCUT2D eigenvalue weighted by Crippen LogP contribution is 2.21. The van der Waals surface area contributed by atoms with Crippen LogP contribution >= 0.6 is 0 Å². The second kappa shape index (κ2) is 9.06. The van der Waals surface area contributed by atoms with Gasteiger partial charge in [-0.1, -0.05) is 48.5 Å².